The van der Waals surface area contributed by atoms with Gasteiger partial charge in [0.2, 0.25) is 0 Å². The van der Waals surface area contributed by atoms with Gasteiger partial charge < -0.3 is 10.2 Å². The number of benzene rings is 2. The van der Waals surface area contributed by atoms with Crippen LogP contribution in [-0.2, 0) is 0 Å². The number of ketones is 1. The minimum Gasteiger partial charge on any atom is -0.331 e. The zero-order valence-electron chi connectivity index (χ0n) is 13.7. The molecule has 2 aromatic rings. The topological polar surface area (TPSA) is 49.4 Å². The Kier molecular flexibility index (Phi) is 5.52. The number of nitrogens with one attached hydrogen (secondary N) is 1. The first kappa shape index (κ1) is 16.7. The number of nitrogens with zero attached hydrogens (tertiary/aromatic N) is 1. The predicted octanol–water partition coefficient (Wildman–Crippen LogP) is 3.58. The Hall–Kier alpha value is -2.62. The average Bonchev–Trinajstić information content (AvgIpc) is 2.55. The first-order valence-corrected chi connectivity index (χ1v) is 7.60. The zero-order valence-corrected chi connectivity index (χ0v) is 13.7. The van der Waals surface area contributed by atoms with E-state index >= 15 is 0 Å². The molecule has 23 heavy (non-hydrogen) atoms. The third kappa shape index (κ3) is 4.68. The summed E-state index contributed by atoms with van der Waals surface area (Å²) in [6.45, 7) is 1.98. The summed E-state index contributed by atoms with van der Waals surface area (Å²) >= 11 is 0. The predicted molar refractivity (Wildman–Crippen MR) is 91.5 cm³/mol. The van der Waals surface area contributed by atoms with Crippen LogP contribution in [0.1, 0.15) is 33.9 Å². The molecule has 2 rings (SSSR count). The number of aryl methyl sites for hydroxylation is 1. The molecule has 0 radical (unpaired) electrons. The van der Waals surface area contributed by atoms with Crippen molar-refractivity contribution in [2.24, 2.45) is 0 Å². The molecule has 120 valence electrons. The standard InChI is InChI=1S/C19H22N2O2/c1-14-9-11-16(12-10-14)18(22)13-17(20-19(23)21(2)3)15-7-5-4-6-8-15/h4-12,17H,13H2,1-3H3,(H,20,23). The highest BCUT2D eigenvalue weighted by molar-refractivity contribution is 5.96. The normalized spacial score (nSPS) is 11.6. The van der Waals surface area contributed by atoms with E-state index in [0.29, 0.717) is 5.56 Å². The maximum Gasteiger partial charge on any atom is 0.317 e. The minimum atomic E-state index is -0.347. The Morgan fingerprint density at radius 1 is 1.00 bits per heavy atom. The summed E-state index contributed by atoms with van der Waals surface area (Å²) < 4.78 is 0. The highest BCUT2D eigenvalue weighted by Gasteiger charge is 2.20. The van der Waals surface area contributed by atoms with Gasteiger partial charge in [-0.25, -0.2) is 4.79 Å². The summed E-state index contributed by atoms with van der Waals surface area (Å²) in [7, 11) is 3.36. The summed E-state index contributed by atoms with van der Waals surface area (Å²) in [6.07, 6.45) is 0.229. The molecule has 1 N–H and O–H groups in total. The van der Waals surface area contributed by atoms with Gasteiger partial charge in [-0.15, -0.1) is 0 Å². The number of carbonyl (C=O) groups is 2. The van der Waals surface area contributed by atoms with Crippen molar-refractivity contribution in [3.63, 3.8) is 0 Å². The van der Waals surface area contributed by atoms with Crippen molar-refractivity contribution in [3.05, 3.63) is 71.3 Å². The zero-order chi connectivity index (χ0) is 16.8. The van der Waals surface area contributed by atoms with Gasteiger partial charge in [-0.05, 0) is 12.5 Å². The van der Waals surface area contributed by atoms with E-state index < -0.39 is 0 Å². The van der Waals surface area contributed by atoms with E-state index in [9.17, 15) is 9.59 Å². The van der Waals surface area contributed by atoms with Gasteiger partial charge in [0.05, 0.1) is 6.04 Å². The minimum absolute atomic E-state index is 0.0120. The molecule has 2 aromatic carbocycles. The molecule has 0 aliphatic heterocycles. The lowest BCUT2D eigenvalue weighted by Crippen LogP contribution is -2.37. The quantitative estimate of drug-likeness (QED) is 0.858. The highest BCUT2D eigenvalue weighted by atomic mass is 16.2. The first-order valence-electron chi connectivity index (χ1n) is 7.60. The number of Topliss-reactive ketones (excluding diaryl/α,β-unsaturated/α-hetero) is 1. The molecule has 0 aliphatic carbocycles. The van der Waals surface area contributed by atoms with E-state index in [0.717, 1.165) is 11.1 Å². The fraction of sp³-hybridized carbons (Fsp3) is 0.263. The lowest BCUT2D eigenvalue weighted by Gasteiger charge is -2.21. The van der Waals surface area contributed by atoms with Gasteiger partial charge in [-0.3, -0.25) is 4.79 Å². The number of urea groups is 1. The first-order chi connectivity index (χ1) is 11.0. The molecule has 0 aromatic heterocycles. The monoisotopic (exact) mass is 310 g/mol. The van der Waals surface area contributed by atoms with Crippen molar-refractivity contribution in [2.75, 3.05) is 14.1 Å². The molecular formula is C19H22N2O2. The lowest BCUT2D eigenvalue weighted by molar-refractivity contribution is 0.0969. The second-order valence-electron chi connectivity index (χ2n) is 5.80. The van der Waals surface area contributed by atoms with E-state index in [1.54, 1.807) is 14.1 Å². The van der Waals surface area contributed by atoms with Crippen LogP contribution in [-0.4, -0.2) is 30.8 Å². The van der Waals surface area contributed by atoms with Crippen molar-refractivity contribution >= 4 is 11.8 Å². The van der Waals surface area contributed by atoms with Gasteiger partial charge in [-0.2, -0.15) is 0 Å². The molecule has 0 saturated carbocycles. The van der Waals surface area contributed by atoms with Crippen LogP contribution in [0.5, 0.6) is 0 Å². The Balaban J connectivity index is 2.18. The van der Waals surface area contributed by atoms with Crippen LogP contribution in [0, 0.1) is 6.92 Å². The van der Waals surface area contributed by atoms with Crippen LogP contribution < -0.4 is 5.32 Å². The Morgan fingerprint density at radius 2 is 1.61 bits per heavy atom. The van der Waals surface area contributed by atoms with Crippen LogP contribution in [0.3, 0.4) is 0 Å². The van der Waals surface area contributed by atoms with E-state index in [-0.39, 0.29) is 24.3 Å². The third-order valence-electron chi connectivity index (χ3n) is 3.67. The molecule has 0 bridgehead atoms. The molecule has 0 heterocycles. The largest absolute Gasteiger partial charge is 0.331 e. The Labute approximate surface area is 137 Å². The van der Waals surface area contributed by atoms with E-state index in [1.165, 1.54) is 4.90 Å². The summed E-state index contributed by atoms with van der Waals surface area (Å²) in [5.41, 5.74) is 2.70. The lowest BCUT2D eigenvalue weighted by atomic mass is 9.97. The van der Waals surface area contributed by atoms with E-state index in [4.69, 9.17) is 0 Å². The number of carbonyl (C=O) groups excluding carboxylic acids is 2. The molecule has 0 saturated heterocycles. The summed E-state index contributed by atoms with van der Waals surface area (Å²) in [5.74, 6) is 0.0120. The molecule has 0 fully saturated rings. The second-order valence-corrected chi connectivity index (χ2v) is 5.80. The fourth-order valence-corrected chi connectivity index (χ4v) is 2.26. The number of rotatable bonds is 5. The van der Waals surface area contributed by atoms with Gasteiger partial charge in [0.1, 0.15) is 0 Å². The molecule has 1 unspecified atom stereocenters. The molecule has 0 aliphatic rings. The Morgan fingerprint density at radius 3 is 2.17 bits per heavy atom. The van der Waals surface area contributed by atoms with Crippen molar-refractivity contribution in [2.45, 2.75) is 19.4 Å². The number of amides is 2. The Bertz CT molecular complexity index is 664. The van der Waals surface area contributed by atoms with Gasteiger partial charge in [0.15, 0.2) is 5.78 Å². The number of hydrogen-bond acceptors (Lipinski definition) is 2. The van der Waals surface area contributed by atoms with Gasteiger partial charge >= 0.3 is 6.03 Å². The molecule has 2 amide bonds. The van der Waals surface area contributed by atoms with Crippen molar-refractivity contribution in [1.29, 1.82) is 0 Å². The van der Waals surface area contributed by atoms with E-state index in [2.05, 4.69) is 5.32 Å². The number of hydrogen-bond donors (Lipinski definition) is 1. The maximum absolute atomic E-state index is 12.5. The van der Waals surface area contributed by atoms with Crippen molar-refractivity contribution in [1.82, 2.24) is 10.2 Å². The van der Waals surface area contributed by atoms with Crippen LogP contribution in [0.4, 0.5) is 4.79 Å². The van der Waals surface area contributed by atoms with Crippen molar-refractivity contribution < 1.29 is 9.59 Å². The fourth-order valence-electron chi connectivity index (χ4n) is 2.26. The summed E-state index contributed by atoms with van der Waals surface area (Å²) in [6, 6.07) is 16.5. The molecule has 4 nitrogen and oxygen atoms in total. The third-order valence-corrected chi connectivity index (χ3v) is 3.67. The van der Waals surface area contributed by atoms with Crippen LogP contribution >= 0.6 is 0 Å². The smallest absolute Gasteiger partial charge is 0.317 e. The summed E-state index contributed by atoms with van der Waals surface area (Å²) in [5, 5.41) is 2.91. The molecule has 0 spiro atoms. The van der Waals surface area contributed by atoms with Crippen LogP contribution in [0.2, 0.25) is 0 Å². The SMILES string of the molecule is Cc1ccc(C(=O)CC(NC(=O)N(C)C)c2ccccc2)cc1. The summed E-state index contributed by atoms with van der Waals surface area (Å²) in [4.78, 5) is 26.0. The van der Waals surface area contributed by atoms with Gasteiger partial charge in [-0.1, -0.05) is 60.2 Å². The molecular weight excluding hydrogens is 288 g/mol. The van der Waals surface area contributed by atoms with Crippen molar-refractivity contribution in [3.8, 4) is 0 Å². The molecule has 4 heteroatoms. The second kappa shape index (κ2) is 7.58. The van der Waals surface area contributed by atoms with Gasteiger partial charge in [0.25, 0.3) is 0 Å². The average molecular weight is 310 g/mol. The highest BCUT2D eigenvalue weighted by Crippen LogP contribution is 2.20. The van der Waals surface area contributed by atoms with Crippen LogP contribution in [0.25, 0.3) is 0 Å². The molecule has 1 atom stereocenters. The van der Waals surface area contributed by atoms with E-state index in [1.807, 2.05) is 61.5 Å². The maximum atomic E-state index is 12.5. The van der Waals surface area contributed by atoms with Gasteiger partial charge in [0, 0.05) is 26.1 Å². The van der Waals surface area contributed by atoms with Crippen LogP contribution in [0.15, 0.2) is 54.6 Å².